The first-order valence-electron chi connectivity index (χ1n) is 8.71. The zero-order chi connectivity index (χ0) is 17.5. The summed E-state index contributed by atoms with van der Waals surface area (Å²) >= 11 is 0. The van der Waals surface area contributed by atoms with Gasteiger partial charge in [-0.15, -0.1) is 0 Å². The molecule has 3 aromatic rings. The van der Waals surface area contributed by atoms with Crippen molar-refractivity contribution < 1.29 is 4.39 Å². The lowest BCUT2D eigenvalue weighted by atomic mass is 9.96. The van der Waals surface area contributed by atoms with Crippen LogP contribution in [0.5, 0.6) is 0 Å². The Hall–Kier alpha value is -3.08. The molecule has 2 aliphatic heterocycles. The van der Waals surface area contributed by atoms with E-state index in [9.17, 15) is 4.39 Å². The van der Waals surface area contributed by atoms with Crippen LogP contribution < -0.4 is 4.90 Å². The first-order valence-corrected chi connectivity index (χ1v) is 8.71. The Balaban J connectivity index is 1.51. The summed E-state index contributed by atoms with van der Waals surface area (Å²) in [6.45, 7) is 1.53. The topological polar surface area (TPSA) is 41.4 Å². The van der Waals surface area contributed by atoms with Crippen LogP contribution in [0.2, 0.25) is 0 Å². The smallest absolute Gasteiger partial charge is 0.135 e. The van der Waals surface area contributed by atoms with E-state index in [1.165, 1.54) is 5.56 Å². The molecule has 1 saturated heterocycles. The molecule has 0 bridgehead atoms. The highest BCUT2D eigenvalue weighted by Gasteiger charge is 2.28. The minimum Gasteiger partial charge on any atom is -0.351 e. The van der Waals surface area contributed by atoms with Gasteiger partial charge in [0.05, 0.1) is 25.3 Å². The average Bonchev–Trinajstić information content (AvgIpc) is 3.09. The van der Waals surface area contributed by atoms with E-state index < -0.39 is 6.17 Å². The van der Waals surface area contributed by atoms with Gasteiger partial charge in [-0.1, -0.05) is 18.2 Å². The Morgan fingerprint density at radius 2 is 1.88 bits per heavy atom. The van der Waals surface area contributed by atoms with E-state index in [-0.39, 0.29) is 0 Å². The minimum absolute atomic E-state index is 0.421. The van der Waals surface area contributed by atoms with E-state index in [1.807, 2.05) is 29.3 Å². The van der Waals surface area contributed by atoms with Crippen LogP contribution in [0, 0.1) is 0 Å². The number of hydrogen-bond donors (Lipinski definition) is 0. The molecule has 0 saturated carbocycles. The van der Waals surface area contributed by atoms with Gasteiger partial charge in [0.2, 0.25) is 0 Å². The molecule has 0 N–H and O–H groups in total. The second-order valence-corrected chi connectivity index (χ2v) is 6.68. The largest absolute Gasteiger partial charge is 0.351 e. The van der Waals surface area contributed by atoms with Crippen molar-refractivity contribution in [3.63, 3.8) is 0 Å². The molecule has 2 aromatic heterocycles. The maximum atomic E-state index is 13.2. The lowest BCUT2D eigenvalue weighted by Gasteiger charge is -2.35. The van der Waals surface area contributed by atoms with Crippen LogP contribution in [0.3, 0.4) is 0 Å². The van der Waals surface area contributed by atoms with Crippen molar-refractivity contribution in [2.75, 3.05) is 18.0 Å². The number of aliphatic imine (C=N–C) groups is 1. The Morgan fingerprint density at radius 3 is 2.69 bits per heavy atom. The molecule has 4 heterocycles. The van der Waals surface area contributed by atoms with Gasteiger partial charge in [0.15, 0.2) is 0 Å². The molecule has 0 aliphatic carbocycles. The standard InChI is InChI=1S/C21H17FN4/c22-18-12-26(13-18)20-9-15(5-7-24-20)21-19-8-14(3-4-17(19)11-25-21)16-2-1-6-23-10-16/h1-10,18H,11-13H2. The van der Waals surface area contributed by atoms with E-state index >= 15 is 0 Å². The van der Waals surface area contributed by atoms with Crippen molar-refractivity contribution in [2.45, 2.75) is 12.7 Å². The van der Waals surface area contributed by atoms with E-state index in [0.29, 0.717) is 19.6 Å². The quantitative estimate of drug-likeness (QED) is 0.728. The third-order valence-electron chi connectivity index (χ3n) is 4.95. The van der Waals surface area contributed by atoms with E-state index in [0.717, 1.165) is 33.8 Å². The fourth-order valence-electron chi connectivity index (χ4n) is 3.49. The summed E-state index contributed by atoms with van der Waals surface area (Å²) in [4.78, 5) is 15.3. The molecule has 0 unspecified atom stereocenters. The van der Waals surface area contributed by atoms with Crippen molar-refractivity contribution in [1.82, 2.24) is 9.97 Å². The third-order valence-corrected chi connectivity index (χ3v) is 4.95. The van der Waals surface area contributed by atoms with E-state index in [2.05, 4.69) is 34.2 Å². The minimum atomic E-state index is -0.743. The van der Waals surface area contributed by atoms with Gasteiger partial charge in [-0.2, -0.15) is 0 Å². The predicted molar refractivity (Wildman–Crippen MR) is 100 cm³/mol. The summed E-state index contributed by atoms with van der Waals surface area (Å²) in [6, 6.07) is 14.4. The van der Waals surface area contributed by atoms with Gasteiger partial charge in [-0.25, -0.2) is 9.37 Å². The summed E-state index contributed by atoms with van der Waals surface area (Å²) in [6.07, 6.45) is 4.68. The van der Waals surface area contributed by atoms with Gasteiger partial charge >= 0.3 is 0 Å². The van der Waals surface area contributed by atoms with Crippen LogP contribution in [0.4, 0.5) is 10.2 Å². The molecule has 0 amide bonds. The number of alkyl halides is 1. The van der Waals surface area contributed by atoms with Crippen molar-refractivity contribution in [1.29, 1.82) is 0 Å². The lowest BCUT2D eigenvalue weighted by molar-refractivity contribution is 0.273. The highest BCUT2D eigenvalue weighted by atomic mass is 19.1. The highest BCUT2D eigenvalue weighted by Crippen LogP contribution is 2.30. The van der Waals surface area contributed by atoms with Gasteiger partial charge in [0, 0.05) is 35.3 Å². The zero-order valence-electron chi connectivity index (χ0n) is 14.1. The second-order valence-electron chi connectivity index (χ2n) is 6.68. The van der Waals surface area contributed by atoms with Crippen LogP contribution in [0.15, 0.2) is 66.0 Å². The molecular weight excluding hydrogens is 327 g/mol. The molecule has 4 nitrogen and oxygen atoms in total. The third kappa shape index (κ3) is 2.56. The SMILES string of the molecule is FC1CN(c2cc(C3=NCc4ccc(-c5cccnc5)cc43)ccn2)C1. The molecule has 5 rings (SSSR count). The fourth-order valence-corrected chi connectivity index (χ4v) is 3.49. The Labute approximate surface area is 151 Å². The molecule has 26 heavy (non-hydrogen) atoms. The first kappa shape index (κ1) is 15.2. The molecule has 1 fully saturated rings. The number of nitrogens with zero attached hydrogens (tertiary/aromatic N) is 4. The second kappa shape index (κ2) is 6.02. The summed E-state index contributed by atoms with van der Waals surface area (Å²) in [5.41, 5.74) is 6.59. The van der Waals surface area contributed by atoms with Crippen LogP contribution >= 0.6 is 0 Å². The van der Waals surface area contributed by atoms with Gasteiger partial charge in [-0.3, -0.25) is 9.98 Å². The highest BCUT2D eigenvalue weighted by molar-refractivity contribution is 6.15. The maximum Gasteiger partial charge on any atom is 0.135 e. The van der Waals surface area contributed by atoms with Crippen LogP contribution in [-0.2, 0) is 6.54 Å². The van der Waals surface area contributed by atoms with E-state index in [1.54, 1.807) is 12.4 Å². The summed E-state index contributed by atoms with van der Waals surface area (Å²) in [7, 11) is 0. The van der Waals surface area contributed by atoms with Crippen molar-refractivity contribution in [2.24, 2.45) is 4.99 Å². The number of rotatable bonds is 3. The zero-order valence-corrected chi connectivity index (χ0v) is 14.1. The summed E-state index contributed by atoms with van der Waals surface area (Å²) < 4.78 is 13.2. The molecule has 0 atom stereocenters. The van der Waals surface area contributed by atoms with Gasteiger partial charge in [-0.05, 0) is 35.4 Å². The van der Waals surface area contributed by atoms with Crippen LogP contribution in [0.1, 0.15) is 16.7 Å². The van der Waals surface area contributed by atoms with Gasteiger partial charge < -0.3 is 4.90 Å². The molecule has 2 aliphatic rings. The molecular formula is C21H17FN4. The number of anilines is 1. The molecule has 0 spiro atoms. The van der Waals surface area contributed by atoms with Crippen LogP contribution in [-0.4, -0.2) is 34.9 Å². The number of halogens is 1. The average molecular weight is 344 g/mol. The number of benzene rings is 1. The number of aromatic nitrogens is 2. The van der Waals surface area contributed by atoms with Crippen molar-refractivity contribution in [3.05, 3.63) is 77.7 Å². The summed E-state index contributed by atoms with van der Waals surface area (Å²) in [5.74, 6) is 0.816. The van der Waals surface area contributed by atoms with Crippen molar-refractivity contribution in [3.8, 4) is 11.1 Å². The fraction of sp³-hybridized carbons (Fsp3) is 0.190. The van der Waals surface area contributed by atoms with Crippen molar-refractivity contribution >= 4 is 11.5 Å². The maximum absolute atomic E-state index is 13.2. The van der Waals surface area contributed by atoms with E-state index in [4.69, 9.17) is 4.99 Å². The number of pyridine rings is 2. The molecule has 128 valence electrons. The first-order chi connectivity index (χ1) is 12.8. The van der Waals surface area contributed by atoms with Gasteiger partial charge in [0.25, 0.3) is 0 Å². The molecule has 5 heteroatoms. The number of hydrogen-bond acceptors (Lipinski definition) is 4. The predicted octanol–water partition coefficient (Wildman–Crippen LogP) is 3.65. The number of fused-ring (bicyclic) bond motifs is 1. The Bertz CT molecular complexity index is 994. The Kier molecular flexibility index (Phi) is 3.52. The lowest BCUT2D eigenvalue weighted by Crippen LogP contribution is -2.48. The van der Waals surface area contributed by atoms with Gasteiger partial charge in [0.1, 0.15) is 12.0 Å². The monoisotopic (exact) mass is 344 g/mol. The molecule has 1 aromatic carbocycles. The van der Waals surface area contributed by atoms with Crippen LogP contribution in [0.25, 0.3) is 11.1 Å². The molecule has 0 radical (unpaired) electrons. The summed E-state index contributed by atoms with van der Waals surface area (Å²) in [5, 5.41) is 0. The Morgan fingerprint density at radius 1 is 0.962 bits per heavy atom. The normalized spacial score (nSPS) is 16.2.